The first-order chi connectivity index (χ1) is 10.7. The second-order valence-electron chi connectivity index (χ2n) is 6.37. The standard InChI is InChI=1S/C19H27N3O/c1-10-12(3)18(23-9)13(4)11(2)16(10)17-14(5)21-19(22(7)8)15(6)20-17/h1-9H3. The highest BCUT2D eigenvalue weighted by atomic mass is 16.5. The number of hydrogen-bond donors (Lipinski definition) is 0. The Kier molecular flexibility index (Phi) is 4.64. The molecule has 4 nitrogen and oxygen atoms in total. The van der Waals surface area contributed by atoms with Gasteiger partial charge in [-0.25, -0.2) is 9.97 Å². The summed E-state index contributed by atoms with van der Waals surface area (Å²) in [6, 6.07) is 0. The molecule has 0 bridgehead atoms. The zero-order valence-corrected chi connectivity index (χ0v) is 15.7. The summed E-state index contributed by atoms with van der Waals surface area (Å²) in [5.41, 5.74) is 8.80. The van der Waals surface area contributed by atoms with Crippen LogP contribution in [0.15, 0.2) is 0 Å². The van der Waals surface area contributed by atoms with E-state index >= 15 is 0 Å². The fourth-order valence-corrected chi connectivity index (χ4v) is 3.19. The molecule has 0 aliphatic heterocycles. The summed E-state index contributed by atoms with van der Waals surface area (Å²) in [6.45, 7) is 12.5. The average Bonchev–Trinajstić information content (AvgIpc) is 2.49. The Bertz CT molecular complexity index is 735. The molecule has 2 rings (SSSR count). The van der Waals surface area contributed by atoms with E-state index in [1.54, 1.807) is 7.11 Å². The summed E-state index contributed by atoms with van der Waals surface area (Å²) < 4.78 is 5.59. The first-order valence-electron chi connectivity index (χ1n) is 7.87. The first kappa shape index (κ1) is 17.3. The highest BCUT2D eigenvalue weighted by Crippen LogP contribution is 2.38. The van der Waals surface area contributed by atoms with Crippen LogP contribution in [0, 0.1) is 41.5 Å². The topological polar surface area (TPSA) is 38.2 Å². The molecule has 1 aromatic carbocycles. The highest BCUT2D eigenvalue weighted by molar-refractivity contribution is 5.75. The third-order valence-corrected chi connectivity index (χ3v) is 4.64. The molecule has 124 valence electrons. The number of hydrogen-bond acceptors (Lipinski definition) is 4. The van der Waals surface area contributed by atoms with Crippen LogP contribution in [-0.4, -0.2) is 31.2 Å². The highest BCUT2D eigenvalue weighted by Gasteiger charge is 2.20. The van der Waals surface area contributed by atoms with Crippen molar-refractivity contribution in [2.45, 2.75) is 41.5 Å². The number of anilines is 1. The fraction of sp³-hybridized carbons (Fsp3) is 0.474. The molecule has 0 fully saturated rings. The Morgan fingerprint density at radius 3 is 1.70 bits per heavy atom. The van der Waals surface area contributed by atoms with Gasteiger partial charge in [-0.1, -0.05) is 0 Å². The van der Waals surface area contributed by atoms with Crippen molar-refractivity contribution in [2.75, 3.05) is 26.1 Å². The van der Waals surface area contributed by atoms with Gasteiger partial charge >= 0.3 is 0 Å². The van der Waals surface area contributed by atoms with Gasteiger partial charge in [-0.15, -0.1) is 0 Å². The van der Waals surface area contributed by atoms with Crippen molar-refractivity contribution in [1.29, 1.82) is 0 Å². The van der Waals surface area contributed by atoms with Gasteiger partial charge in [0.25, 0.3) is 0 Å². The number of aryl methyl sites for hydroxylation is 2. The molecule has 0 aliphatic rings. The number of methoxy groups -OCH3 is 1. The molecule has 0 aliphatic carbocycles. The molecule has 0 unspecified atom stereocenters. The molecule has 0 amide bonds. The summed E-state index contributed by atoms with van der Waals surface area (Å²) in [5, 5.41) is 0. The summed E-state index contributed by atoms with van der Waals surface area (Å²) in [4.78, 5) is 11.6. The monoisotopic (exact) mass is 313 g/mol. The predicted molar refractivity (Wildman–Crippen MR) is 96.8 cm³/mol. The van der Waals surface area contributed by atoms with E-state index in [-0.39, 0.29) is 0 Å². The second-order valence-corrected chi connectivity index (χ2v) is 6.37. The van der Waals surface area contributed by atoms with Crippen molar-refractivity contribution in [3.05, 3.63) is 33.6 Å². The van der Waals surface area contributed by atoms with Crippen LogP contribution in [0.25, 0.3) is 11.3 Å². The van der Waals surface area contributed by atoms with Crippen LogP contribution in [0.2, 0.25) is 0 Å². The van der Waals surface area contributed by atoms with Crippen LogP contribution in [0.1, 0.15) is 33.6 Å². The molecule has 1 heterocycles. The molecule has 0 saturated heterocycles. The summed E-state index contributed by atoms with van der Waals surface area (Å²) in [6.07, 6.45) is 0. The van der Waals surface area contributed by atoms with E-state index in [4.69, 9.17) is 14.7 Å². The molecular weight excluding hydrogens is 286 g/mol. The summed E-state index contributed by atoms with van der Waals surface area (Å²) >= 11 is 0. The molecule has 0 spiro atoms. The third kappa shape index (κ3) is 2.78. The van der Waals surface area contributed by atoms with Crippen molar-refractivity contribution < 1.29 is 4.74 Å². The van der Waals surface area contributed by atoms with Gasteiger partial charge in [-0.3, -0.25) is 0 Å². The Balaban J connectivity index is 2.81. The lowest BCUT2D eigenvalue weighted by Crippen LogP contribution is -2.15. The number of ether oxygens (including phenoxy) is 1. The maximum Gasteiger partial charge on any atom is 0.149 e. The Hall–Kier alpha value is -2.10. The molecule has 23 heavy (non-hydrogen) atoms. The second kappa shape index (κ2) is 6.19. The first-order valence-corrected chi connectivity index (χ1v) is 7.87. The van der Waals surface area contributed by atoms with Crippen LogP contribution in [0.3, 0.4) is 0 Å². The minimum Gasteiger partial charge on any atom is -0.496 e. The summed E-state index contributed by atoms with van der Waals surface area (Å²) in [5.74, 6) is 1.89. The molecule has 0 atom stereocenters. The maximum atomic E-state index is 5.59. The smallest absolute Gasteiger partial charge is 0.149 e. The quantitative estimate of drug-likeness (QED) is 0.856. The van der Waals surface area contributed by atoms with Crippen molar-refractivity contribution in [2.24, 2.45) is 0 Å². The molecular formula is C19H27N3O. The van der Waals surface area contributed by atoms with Crippen molar-refractivity contribution in [1.82, 2.24) is 9.97 Å². The molecule has 0 saturated carbocycles. The van der Waals surface area contributed by atoms with E-state index in [1.165, 1.54) is 27.8 Å². The van der Waals surface area contributed by atoms with Gasteiger partial charge in [-0.05, 0) is 63.8 Å². The lowest BCUT2D eigenvalue weighted by atomic mass is 9.90. The normalized spacial score (nSPS) is 10.8. The van der Waals surface area contributed by atoms with Gasteiger partial charge in [0.15, 0.2) is 0 Å². The van der Waals surface area contributed by atoms with E-state index in [2.05, 4.69) is 27.7 Å². The van der Waals surface area contributed by atoms with Gasteiger partial charge < -0.3 is 9.64 Å². The molecule has 1 aromatic heterocycles. The van der Waals surface area contributed by atoms with Crippen molar-refractivity contribution in [3.8, 4) is 17.0 Å². The molecule has 4 heteroatoms. The van der Waals surface area contributed by atoms with Crippen LogP contribution in [0.5, 0.6) is 5.75 Å². The fourth-order valence-electron chi connectivity index (χ4n) is 3.19. The van der Waals surface area contributed by atoms with Gasteiger partial charge in [0, 0.05) is 19.7 Å². The molecule has 0 N–H and O–H groups in total. The Labute approximate surface area is 139 Å². The van der Waals surface area contributed by atoms with Gasteiger partial charge in [0.2, 0.25) is 0 Å². The third-order valence-electron chi connectivity index (χ3n) is 4.64. The molecule has 2 aromatic rings. The SMILES string of the molecule is COc1c(C)c(C)c(-c2nc(C)c(N(C)C)nc2C)c(C)c1C. The van der Waals surface area contributed by atoms with E-state index < -0.39 is 0 Å². The van der Waals surface area contributed by atoms with Crippen LogP contribution >= 0.6 is 0 Å². The van der Waals surface area contributed by atoms with Gasteiger partial charge in [0.05, 0.1) is 24.2 Å². The number of benzene rings is 1. The van der Waals surface area contributed by atoms with Crippen LogP contribution in [0.4, 0.5) is 5.82 Å². The van der Waals surface area contributed by atoms with Crippen molar-refractivity contribution >= 4 is 5.82 Å². The number of aromatic nitrogens is 2. The lowest BCUT2D eigenvalue weighted by molar-refractivity contribution is 0.408. The van der Waals surface area contributed by atoms with Crippen molar-refractivity contribution in [3.63, 3.8) is 0 Å². The predicted octanol–water partition coefficient (Wildman–Crippen LogP) is 4.07. The van der Waals surface area contributed by atoms with E-state index in [9.17, 15) is 0 Å². The zero-order chi connectivity index (χ0) is 17.5. The lowest BCUT2D eigenvalue weighted by Gasteiger charge is -2.21. The number of rotatable bonds is 3. The zero-order valence-electron chi connectivity index (χ0n) is 15.7. The Morgan fingerprint density at radius 2 is 1.26 bits per heavy atom. The number of nitrogens with zero attached hydrogens (tertiary/aromatic N) is 3. The van der Waals surface area contributed by atoms with Gasteiger partial charge in [-0.2, -0.15) is 0 Å². The largest absolute Gasteiger partial charge is 0.496 e. The van der Waals surface area contributed by atoms with E-state index in [0.29, 0.717) is 0 Å². The average molecular weight is 313 g/mol. The summed E-state index contributed by atoms with van der Waals surface area (Å²) in [7, 11) is 5.72. The Morgan fingerprint density at radius 1 is 0.739 bits per heavy atom. The van der Waals surface area contributed by atoms with Crippen LogP contribution < -0.4 is 9.64 Å². The van der Waals surface area contributed by atoms with E-state index in [1.807, 2.05) is 32.8 Å². The van der Waals surface area contributed by atoms with Crippen LogP contribution in [-0.2, 0) is 0 Å². The molecule has 0 radical (unpaired) electrons. The van der Waals surface area contributed by atoms with E-state index in [0.717, 1.165) is 28.6 Å². The minimum atomic E-state index is 0.920. The minimum absolute atomic E-state index is 0.920. The maximum absolute atomic E-state index is 5.59. The van der Waals surface area contributed by atoms with Gasteiger partial charge in [0.1, 0.15) is 11.6 Å².